The second-order valence-electron chi connectivity index (χ2n) is 4.06. The summed E-state index contributed by atoms with van der Waals surface area (Å²) in [5, 5.41) is 9.23. The minimum atomic E-state index is -0.899. The first-order chi connectivity index (χ1) is 8.15. The number of allylic oxidation sites excluding steroid dienone is 4. The predicted molar refractivity (Wildman–Crippen MR) is 64.1 cm³/mol. The first-order valence-electron chi connectivity index (χ1n) is 5.47. The number of aryl methyl sites for hydroxylation is 1. The lowest BCUT2D eigenvalue weighted by molar-refractivity contribution is 0.0694. The van der Waals surface area contributed by atoms with Crippen LogP contribution in [0.1, 0.15) is 34.0 Å². The molecular formula is C13H15NO3. The number of ether oxygens (including phenoxy) is 1. The number of carboxylic acids is 1. The maximum Gasteiger partial charge on any atom is 0.337 e. The average Bonchev–Trinajstić information content (AvgIpc) is 2.71. The van der Waals surface area contributed by atoms with Gasteiger partial charge in [0.25, 0.3) is 0 Å². The maximum atomic E-state index is 11.2. The van der Waals surface area contributed by atoms with Gasteiger partial charge in [-0.25, -0.2) is 4.79 Å². The largest absolute Gasteiger partial charge is 0.500 e. The highest BCUT2D eigenvalue weighted by molar-refractivity contribution is 5.91. The van der Waals surface area contributed by atoms with Crippen LogP contribution in [0, 0.1) is 6.92 Å². The molecule has 2 rings (SSSR count). The number of aromatic carboxylic acids is 1. The molecule has 4 heteroatoms. The average molecular weight is 233 g/mol. The standard InChI is InChI=1S/C13H15NO3/c1-8-7-14-12(11(8)13(15)16)9-5-3-4-6-10(9)17-2/h3-4,6-7,9,14H,5H2,1-2H3,(H,15,16). The Morgan fingerprint density at radius 3 is 3.00 bits per heavy atom. The molecule has 0 saturated carbocycles. The van der Waals surface area contributed by atoms with Gasteiger partial charge in [-0.05, 0) is 25.0 Å². The third kappa shape index (κ3) is 1.98. The van der Waals surface area contributed by atoms with Gasteiger partial charge in [0.2, 0.25) is 0 Å². The number of aromatic nitrogens is 1. The van der Waals surface area contributed by atoms with Crippen LogP contribution in [0.15, 0.2) is 30.2 Å². The summed E-state index contributed by atoms with van der Waals surface area (Å²) in [7, 11) is 1.61. The minimum Gasteiger partial charge on any atom is -0.500 e. The zero-order chi connectivity index (χ0) is 12.4. The second-order valence-corrected chi connectivity index (χ2v) is 4.06. The van der Waals surface area contributed by atoms with Crippen LogP contribution < -0.4 is 0 Å². The van der Waals surface area contributed by atoms with Gasteiger partial charge in [-0.2, -0.15) is 0 Å². The van der Waals surface area contributed by atoms with E-state index in [1.807, 2.05) is 18.2 Å². The Bertz CT molecular complexity index is 497. The van der Waals surface area contributed by atoms with Gasteiger partial charge in [0.05, 0.1) is 18.6 Å². The molecule has 0 fully saturated rings. The number of rotatable bonds is 3. The van der Waals surface area contributed by atoms with Crippen molar-refractivity contribution in [2.45, 2.75) is 19.3 Å². The number of H-pyrrole nitrogens is 1. The van der Waals surface area contributed by atoms with Crippen LogP contribution >= 0.6 is 0 Å². The van der Waals surface area contributed by atoms with Crippen LogP contribution in [-0.2, 0) is 4.74 Å². The fourth-order valence-corrected chi connectivity index (χ4v) is 2.18. The molecule has 0 aliphatic heterocycles. The van der Waals surface area contributed by atoms with E-state index in [4.69, 9.17) is 4.74 Å². The number of aromatic amines is 1. The normalized spacial score (nSPS) is 18.9. The zero-order valence-electron chi connectivity index (χ0n) is 9.86. The lowest BCUT2D eigenvalue weighted by Crippen LogP contribution is -2.11. The fourth-order valence-electron chi connectivity index (χ4n) is 2.18. The number of methoxy groups -OCH3 is 1. The van der Waals surface area contributed by atoms with Crippen LogP contribution in [0.2, 0.25) is 0 Å². The highest BCUT2D eigenvalue weighted by atomic mass is 16.5. The Morgan fingerprint density at radius 2 is 2.35 bits per heavy atom. The van der Waals surface area contributed by atoms with Gasteiger partial charge < -0.3 is 14.8 Å². The maximum absolute atomic E-state index is 11.2. The van der Waals surface area contributed by atoms with Crippen molar-refractivity contribution in [2.75, 3.05) is 7.11 Å². The van der Waals surface area contributed by atoms with Crippen molar-refractivity contribution >= 4 is 5.97 Å². The molecule has 1 aromatic heterocycles. The van der Waals surface area contributed by atoms with Crippen molar-refractivity contribution in [1.29, 1.82) is 0 Å². The molecule has 0 bridgehead atoms. The van der Waals surface area contributed by atoms with Crippen LogP contribution in [0.5, 0.6) is 0 Å². The third-order valence-corrected chi connectivity index (χ3v) is 3.02. The van der Waals surface area contributed by atoms with E-state index in [0.29, 0.717) is 11.3 Å². The third-order valence-electron chi connectivity index (χ3n) is 3.02. The molecule has 0 amide bonds. The molecule has 0 saturated heterocycles. The molecule has 1 heterocycles. The van der Waals surface area contributed by atoms with E-state index < -0.39 is 5.97 Å². The molecule has 0 radical (unpaired) electrons. The van der Waals surface area contributed by atoms with E-state index in [1.165, 1.54) is 0 Å². The smallest absolute Gasteiger partial charge is 0.337 e. The Hall–Kier alpha value is -1.97. The minimum absolute atomic E-state index is 0.0372. The van der Waals surface area contributed by atoms with Gasteiger partial charge in [0.1, 0.15) is 5.76 Å². The second kappa shape index (κ2) is 4.49. The van der Waals surface area contributed by atoms with E-state index in [9.17, 15) is 9.90 Å². The summed E-state index contributed by atoms with van der Waals surface area (Å²) in [6, 6.07) is 0. The number of carboxylic acid groups (broad SMARTS) is 1. The van der Waals surface area contributed by atoms with Crippen LogP contribution in [0.25, 0.3) is 0 Å². The lowest BCUT2D eigenvalue weighted by atomic mass is 9.92. The van der Waals surface area contributed by atoms with E-state index in [1.54, 1.807) is 20.2 Å². The molecule has 1 aromatic rings. The predicted octanol–water partition coefficient (Wildman–Crippen LogP) is 2.60. The summed E-state index contributed by atoms with van der Waals surface area (Å²) in [4.78, 5) is 14.3. The van der Waals surface area contributed by atoms with Crippen LogP contribution in [0.4, 0.5) is 0 Å². The molecule has 1 atom stereocenters. The molecule has 1 aliphatic rings. The number of carbonyl (C=O) groups is 1. The van der Waals surface area contributed by atoms with Gasteiger partial charge >= 0.3 is 5.97 Å². The van der Waals surface area contributed by atoms with Gasteiger partial charge in [0.15, 0.2) is 0 Å². The van der Waals surface area contributed by atoms with Crippen LogP contribution in [-0.4, -0.2) is 23.2 Å². The van der Waals surface area contributed by atoms with Crippen molar-refractivity contribution in [3.8, 4) is 0 Å². The summed E-state index contributed by atoms with van der Waals surface area (Å²) in [6.45, 7) is 1.79. The summed E-state index contributed by atoms with van der Waals surface area (Å²) in [5.74, 6) is -0.148. The number of nitrogens with one attached hydrogen (secondary N) is 1. The first kappa shape index (κ1) is 11.5. The molecule has 17 heavy (non-hydrogen) atoms. The molecule has 0 spiro atoms. The number of hydrogen-bond acceptors (Lipinski definition) is 2. The zero-order valence-corrected chi connectivity index (χ0v) is 9.86. The van der Waals surface area contributed by atoms with E-state index in [-0.39, 0.29) is 5.92 Å². The Balaban J connectivity index is 2.44. The summed E-state index contributed by atoms with van der Waals surface area (Å²) in [6.07, 6.45) is 8.28. The Labute approximate surface area is 99.6 Å². The van der Waals surface area contributed by atoms with Gasteiger partial charge in [-0.3, -0.25) is 0 Å². The first-order valence-corrected chi connectivity index (χ1v) is 5.47. The van der Waals surface area contributed by atoms with Gasteiger partial charge in [0, 0.05) is 11.9 Å². The molecule has 4 nitrogen and oxygen atoms in total. The molecule has 1 unspecified atom stereocenters. The topological polar surface area (TPSA) is 62.3 Å². The van der Waals surface area contributed by atoms with E-state index in [0.717, 1.165) is 17.7 Å². The van der Waals surface area contributed by atoms with Gasteiger partial charge in [-0.15, -0.1) is 0 Å². The highest BCUT2D eigenvalue weighted by Crippen LogP contribution is 2.33. The monoisotopic (exact) mass is 233 g/mol. The quantitative estimate of drug-likeness (QED) is 0.843. The van der Waals surface area contributed by atoms with Crippen molar-refractivity contribution in [1.82, 2.24) is 4.98 Å². The number of hydrogen-bond donors (Lipinski definition) is 2. The van der Waals surface area contributed by atoms with E-state index in [2.05, 4.69) is 4.98 Å². The fraction of sp³-hybridized carbons (Fsp3) is 0.308. The highest BCUT2D eigenvalue weighted by Gasteiger charge is 2.26. The summed E-state index contributed by atoms with van der Waals surface area (Å²) >= 11 is 0. The summed E-state index contributed by atoms with van der Waals surface area (Å²) < 4.78 is 5.30. The van der Waals surface area contributed by atoms with Crippen molar-refractivity contribution < 1.29 is 14.6 Å². The van der Waals surface area contributed by atoms with Crippen LogP contribution in [0.3, 0.4) is 0 Å². The van der Waals surface area contributed by atoms with Crippen molar-refractivity contribution in [2.24, 2.45) is 0 Å². The molecule has 0 aromatic carbocycles. The van der Waals surface area contributed by atoms with Crippen molar-refractivity contribution in [3.63, 3.8) is 0 Å². The Kier molecular flexibility index (Phi) is 3.04. The van der Waals surface area contributed by atoms with E-state index >= 15 is 0 Å². The molecule has 1 aliphatic carbocycles. The SMILES string of the molecule is COC1=CC=CCC1c1[nH]cc(C)c1C(=O)O. The summed E-state index contributed by atoms with van der Waals surface area (Å²) in [5.41, 5.74) is 1.82. The molecular weight excluding hydrogens is 218 g/mol. The lowest BCUT2D eigenvalue weighted by Gasteiger charge is -2.20. The molecule has 90 valence electrons. The Morgan fingerprint density at radius 1 is 1.59 bits per heavy atom. The van der Waals surface area contributed by atoms with Gasteiger partial charge in [-0.1, -0.05) is 12.2 Å². The molecule has 2 N–H and O–H groups in total. The van der Waals surface area contributed by atoms with Crippen molar-refractivity contribution in [3.05, 3.63) is 47.0 Å².